The highest BCUT2D eigenvalue weighted by Crippen LogP contribution is 2.44. The van der Waals surface area contributed by atoms with Crippen molar-refractivity contribution in [1.82, 2.24) is 0 Å². The number of benzene rings is 2. The SMILES string of the molecule is C/C(N)=C(/S)CNc1ccc(-c2cc3c(cc2C)OC(F)(F)O3)cc1. The van der Waals surface area contributed by atoms with E-state index in [4.69, 9.17) is 5.73 Å². The van der Waals surface area contributed by atoms with Gasteiger partial charge >= 0.3 is 6.29 Å². The van der Waals surface area contributed by atoms with Gasteiger partial charge in [-0.25, -0.2) is 0 Å². The molecule has 0 amide bonds. The molecule has 0 radical (unpaired) electrons. The molecule has 1 aliphatic rings. The van der Waals surface area contributed by atoms with Gasteiger partial charge in [-0.15, -0.1) is 21.4 Å². The first-order valence-corrected chi connectivity index (χ1v) is 8.09. The fraction of sp³-hybridized carbons (Fsp3) is 0.222. The first-order valence-electron chi connectivity index (χ1n) is 7.64. The highest BCUT2D eigenvalue weighted by molar-refractivity contribution is 7.84. The fourth-order valence-electron chi connectivity index (χ4n) is 2.50. The van der Waals surface area contributed by atoms with Gasteiger partial charge in [0.25, 0.3) is 0 Å². The smallest absolute Gasteiger partial charge is 0.402 e. The number of halogens is 2. The van der Waals surface area contributed by atoms with Gasteiger partial charge in [0.2, 0.25) is 0 Å². The van der Waals surface area contributed by atoms with Gasteiger partial charge < -0.3 is 20.5 Å². The topological polar surface area (TPSA) is 56.5 Å². The van der Waals surface area contributed by atoms with E-state index >= 15 is 0 Å². The Morgan fingerprint density at radius 2 is 1.76 bits per heavy atom. The van der Waals surface area contributed by atoms with Crippen molar-refractivity contribution in [3.8, 4) is 22.6 Å². The quantitative estimate of drug-likeness (QED) is 0.699. The van der Waals surface area contributed by atoms with Crippen molar-refractivity contribution in [2.24, 2.45) is 5.73 Å². The Hall–Kier alpha value is -2.41. The van der Waals surface area contributed by atoms with Crippen LogP contribution in [0.3, 0.4) is 0 Å². The summed E-state index contributed by atoms with van der Waals surface area (Å²) in [4.78, 5) is 0.775. The highest BCUT2D eigenvalue weighted by Gasteiger charge is 2.43. The van der Waals surface area contributed by atoms with E-state index in [9.17, 15) is 8.78 Å². The number of aryl methyl sites for hydroxylation is 1. The molecule has 4 nitrogen and oxygen atoms in total. The van der Waals surface area contributed by atoms with E-state index in [0.717, 1.165) is 27.3 Å². The maximum atomic E-state index is 13.2. The monoisotopic (exact) mass is 364 g/mol. The summed E-state index contributed by atoms with van der Waals surface area (Å²) in [5.41, 5.74) is 9.75. The molecule has 3 N–H and O–H groups in total. The Kier molecular flexibility index (Phi) is 4.51. The second-order valence-electron chi connectivity index (χ2n) is 5.84. The third kappa shape index (κ3) is 3.82. The number of fused-ring (bicyclic) bond motifs is 1. The summed E-state index contributed by atoms with van der Waals surface area (Å²) in [6, 6.07) is 10.7. The summed E-state index contributed by atoms with van der Waals surface area (Å²) >= 11 is 4.30. The number of hydrogen-bond acceptors (Lipinski definition) is 5. The molecule has 0 atom stereocenters. The average molecular weight is 364 g/mol. The van der Waals surface area contributed by atoms with Crippen molar-refractivity contribution in [2.75, 3.05) is 11.9 Å². The summed E-state index contributed by atoms with van der Waals surface area (Å²) < 4.78 is 35.4. The lowest BCUT2D eigenvalue weighted by Gasteiger charge is -2.10. The molecular formula is C18H18F2N2O2S. The van der Waals surface area contributed by atoms with Crippen LogP contribution >= 0.6 is 12.6 Å². The maximum Gasteiger partial charge on any atom is 0.586 e. The molecule has 0 fully saturated rings. The van der Waals surface area contributed by atoms with Gasteiger partial charge in [0.15, 0.2) is 11.5 Å². The molecule has 7 heteroatoms. The summed E-state index contributed by atoms with van der Waals surface area (Å²) in [5.74, 6) is 0.0888. The number of ether oxygens (including phenoxy) is 2. The van der Waals surface area contributed by atoms with Crippen molar-refractivity contribution >= 4 is 18.3 Å². The number of allylic oxidation sites excluding steroid dienone is 1. The second-order valence-corrected chi connectivity index (χ2v) is 6.38. The largest absolute Gasteiger partial charge is 0.586 e. The Bertz CT molecular complexity index is 832. The molecule has 1 aliphatic heterocycles. The number of nitrogens with one attached hydrogen (secondary N) is 1. The third-order valence-electron chi connectivity index (χ3n) is 3.86. The molecule has 132 valence electrons. The predicted molar refractivity (Wildman–Crippen MR) is 97.2 cm³/mol. The van der Waals surface area contributed by atoms with E-state index in [0.29, 0.717) is 12.2 Å². The van der Waals surface area contributed by atoms with E-state index in [1.165, 1.54) is 0 Å². The van der Waals surface area contributed by atoms with E-state index in [-0.39, 0.29) is 11.5 Å². The number of thiol groups is 1. The van der Waals surface area contributed by atoms with Gasteiger partial charge in [-0.1, -0.05) is 12.1 Å². The van der Waals surface area contributed by atoms with Crippen molar-refractivity contribution < 1.29 is 18.3 Å². The Morgan fingerprint density at radius 1 is 1.16 bits per heavy atom. The van der Waals surface area contributed by atoms with Crippen LogP contribution in [0.1, 0.15) is 12.5 Å². The Balaban J connectivity index is 1.81. The van der Waals surface area contributed by atoms with Crippen LogP contribution in [-0.4, -0.2) is 12.8 Å². The van der Waals surface area contributed by atoms with Crippen LogP contribution in [0.15, 0.2) is 47.0 Å². The third-order valence-corrected chi connectivity index (χ3v) is 4.37. The summed E-state index contributed by atoms with van der Waals surface area (Å²) in [5, 5.41) is 3.21. The number of alkyl halides is 2. The minimum absolute atomic E-state index is 0.0380. The van der Waals surface area contributed by atoms with Crippen molar-refractivity contribution in [3.05, 3.63) is 52.6 Å². The Labute approximate surface area is 150 Å². The second kappa shape index (κ2) is 6.48. The molecule has 0 unspecified atom stereocenters. The molecule has 2 aromatic carbocycles. The minimum Gasteiger partial charge on any atom is -0.402 e. The van der Waals surface area contributed by atoms with Gasteiger partial charge in [0, 0.05) is 22.8 Å². The lowest BCUT2D eigenvalue weighted by molar-refractivity contribution is -0.286. The van der Waals surface area contributed by atoms with Crippen LogP contribution in [0.2, 0.25) is 0 Å². The average Bonchev–Trinajstić information content (AvgIpc) is 2.85. The van der Waals surface area contributed by atoms with Gasteiger partial charge in [0.05, 0.1) is 0 Å². The zero-order chi connectivity index (χ0) is 18.2. The number of anilines is 1. The standard InChI is InChI=1S/C18H18F2N2O2S/c1-10-7-15-16(24-18(19,20)23-15)8-14(10)12-3-5-13(6-4-12)22-9-17(25)11(2)21/h3-8,22,25H,9,21H2,1-2H3/b17-11-. The molecule has 2 aromatic rings. The first-order chi connectivity index (χ1) is 11.7. The molecule has 0 aromatic heterocycles. The predicted octanol–water partition coefficient (Wildman–Crippen LogP) is 4.52. The van der Waals surface area contributed by atoms with Crippen molar-refractivity contribution in [2.45, 2.75) is 20.1 Å². The highest BCUT2D eigenvalue weighted by atomic mass is 32.1. The summed E-state index contributed by atoms with van der Waals surface area (Å²) in [7, 11) is 0. The summed E-state index contributed by atoms with van der Waals surface area (Å²) in [6.45, 7) is 4.16. The molecule has 25 heavy (non-hydrogen) atoms. The van der Waals surface area contributed by atoms with Crippen LogP contribution in [0.5, 0.6) is 11.5 Å². The van der Waals surface area contributed by atoms with E-state index in [1.807, 2.05) is 31.2 Å². The van der Waals surface area contributed by atoms with Crippen LogP contribution in [0.4, 0.5) is 14.5 Å². The summed E-state index contributed by atoms with van der Waals surface area (Å²) in [6.07, 6.45) is -3.61. The van der Waals surface area contributed by atoms with Crippen molar-refractivity contribution in [1.29, 1.82) is 0 Å². The van der Waals surface area contributed by atoms with Crippen LogP contribution in [0, 0.1) is 6.92 Å². The Morgan fingerprint density at radius 3 is 2.36 bits per heavy atom. The minimum atomic E-state index is -3.61. The van der Waals surface area contributed by atoms with Crippen molar-refractivity contribution in [3.63, 3.8) is 0 Å². The van der Waals surface area contributed by atoms with Crippen LogP contribution in [-0.2, 0) is 0 Å². The molecule has 0 saturated heterocycles. The fourth-order valence-corrected chi connectivity index (χ4v) is 2.58. The van der Waals surface area contributed by atoms with Gasteiger partial charge in [-0.3, -0.25) is 0 Å². The molecular weight excluding hydrogens is 346 g/mol. The number of nitrogens with two attached hydrogens (primary N) is 1. The van der Waals surface area contributed by atoms with Crippen LogP contribution in [0.25, 0.3) is 11.1 Å². The van der Waals surface area contributed by atoms with Crippen LogP contribution < -0.4 is 20.5 Å². The molecule has 0 spiro atoms. The molecule has 0 saturated carbocycles. The van der Waals surface area contributed by atoms with Gasteiger partial charge in [0.1, 0.15) is 0 Å². The molecule has 0 aliphatic carbocycles. The first kappa shape index (κ1) is 17.4. The lowest BCUT2D eigenvalue weighted by atomic mass is 9.99. The van der Waals surface area contributed by atoms with E-state index < -0.39 is 6.29 Å². The van der Waals surface area contributed by atoms with Gasteiger partial charge in [-0.05, 0) is 54.8 Å². The molecule has 3 rings (SSSR count). The maximum absolute atomic E-state index is 13.2. The zero-order valence-corrected chi connectivity index (χ0v) is 14.7. The zero-order valence-electron chi connectivity index (χ0n) is 13.8. The normalized spacial score (nSPS) is 15.7. The number of hydrogen-bond donors (Lipinski definition) is 3. The molecule has 1 heterocycles. The van der Waals surface area contributed by atoms with Gasteiger partial charge in [-0.2, -0.15) is 0 Å². The number of rotatable bonds is 4. The van der Waals surface area contributed by atoms with E-state index in [2.05, 4.69) is 27.4 Å². The lowest BCUT2D eigenvalue weighted by Crippen LogP contribution is -2.25. The van der Waals surface area contributed by atoms with E-state index in [1.54, 1.807) is 19.1 Å². The molecule has 0 bridgehead atoms.